The van der Waals surface area contributed by atoms with Crippen LogP contribution in [0.15, 0.2) is 18.2 Å². The molecule has 0 unspecified atom stereocenters. The summed E-state index contributed by atoms with van der Waals surface area (Å²) in [6.45, 7) is 5.62. The molecule has 1 aromatic carbocycles. The first-order chi connectivity index (χ1) is 8.49. The molecule has 1 N–H and O–H groups in total. The van der Waals surface area contributed by atoms with Crippen LogP contribution < -0.4 is 5.32 Å². The van der Waals surface area contributed by atoms with Crippen LogP contribution >= 0.6 is 11.6 Å². The van der Waals surface area contributed by atoms with Gasteiger partial charge in [0.15, 0.2) is 11.0 Å². The molecule has 2 rings (SSSR count). The number of halogens is 2. The summed E-state index contributed by atoms with van der Waals surface area (Å²) < 4.78 is 13.6. The van der Waals surface area contributed by atoms with Crippen molar-refractivity contribution in [3.63, 3.8) is 0 Å². The molecule has 0 aliphatic rings. The smallest absolute Gasteiger partial charge is 0.156 e. The molecule has 0 fully saturated rings. The first kappa shape index (κ1) is 12.8. The third-order valence-corrected chi connectivity index (χ3v) is 3.20. The molecule has 0 aliphatic heterocycles. The van der Waals surface area contributed by atoms with E-state index in [1.165, 1.54) is 6.07 Å². The molecular weight excluding hydrogens is 253 g/mol. The van der Waals surface area contributed by atoms with Crippen molar-refractivity contribution in [2.24, 2.45) is 0 Å². The van der Waals surface area contributed by atoms with Crippen LogP contribution in [-0.2, 0) is 0 Å². The Morgan fingerprint density at radius 3 is 2.56 bits per heavy atom. The van der Waals surface area contributed by atoms with Gasteiger partial charge in [0, 0.05) is 0 Å². The third kappa shape index (κ3) is 2.43. The van der Waals surface area contributed by atoms with Crippen LogP contribution in [0, 0.1) is 26.6 Å². The largest absolute Gasteiger partial charge is 0.336 e. The molecule has 0 radical (unpaired) electrons. The molecule has 1 heterocycles. The highest BCUT2D eigenvalue weighted by Gasteiger charge is 2.10. The zero-order valence-corrected chi connectivity index (χ0v) is 11.1. The molecule has 0 saturated carbocycles. The van der Waals surface area contributed by atoms with Crippen molar-refractivity contribution in [3.05, 3.63) is 45.9 Å². The number of nitrogens with one attached hydrogen (secondary N) is 1. The Kier molecular flexibility index (Phi) is 3.48. The summed E-state index contributed by atoms with van der Waals surface area (Å²) in [6.07, 6.45) is 0. The number of hydrogen-bond donors (Lipinski definition) is 1. The number of anilines is 2. The molecule has 0 saturated heterocycles. The Morgan fingerprint density at radius 1 is 1.11 bits per heavy atom. The minimum atomic E-state index is -0.325. The lowest BCUT2D eigenvalue weighted by molar-refractivity contribution is 0.631. The lowest BCUT2D eigenvalue weighted by Gasteiger charge is -2.11. The van der Waals surface area contributed by atoms with Crippen LogP contribution in [0.25, 0.3) is 0 Å². The van der Waals surface area contributed by atoms with Gasteiger partial charge in [-0.1, -0.05) is 17.7 Å². The van der Waals surface area contributed by atoms with Gasteiger partial charge in [0.2, 0.25) is 0 Å². The maximum absolute atomic E-state index is 13.6. The lowest BCUT2D eigenvalue weighted by Crippen LogP contribution is -2.02. The second-order valence-electron chi connectivity index (χ2n) is 4.20. The monoisotopic (exact) mass is 265 g/mol. The highest BCUT2D eigenvalue weighted by atomic mass is 35.5. The van der Waals surface area contributed by atoms with E-state index in [-0.39, 0.29) is 5.82 Å². The van der Waals surface area contributed by atoms with Crippen LogP contribution in [0.1, 0.15) is 16.7 Å². The fourth-order valence-electron chi connectivity index (χ4n) is 1.56. The molecule has 0 amide bonds. The van der Waals surface area contributed by atoms with E-state index in [2.05, 4.69) is 15.5 Å². The number of hydrogen-bond acceptors (Lipinski definition) is 3. The van der Waals surface area contributed by atoms with E-state index in [0.717, 1.165) is 16.7 Å². The molecule has 18 heavy (non-hydrogen) atoms. The van der Waals surface area contributed by atoms with Crippen LogP contribution in [-0.4, -0.2) is 10.2 Å². The minimum Gasteiger partial charge on any atom is -0.336 e. The van der Waals surface area contributed by atoms with E-state index in [1.54, 1.807) is 12.1 Å². The molecule has 3 nitrogen and oxygen atoms in total. The molecule has 0 spiro atoms. The number of rotatable bonds is 2. The van der Waals surface area contributed by atoms with Gasteiger partial charge >= 0.3 is 0 Å². The average Bonchev–Trinajstić information content (AvgIpc) is 2.34. The van der Waals surface area contributed by atoms with Crippen molar-refractivity contribution in [1.29, 1.82) is 0 Å². The first-order valence-electron chi connectivity index (χ1n) is 5.51. The summed E-state index contributed by atoms with van der Waals surface area (Å²) in [6, 6.07) is 4.86. The van der Waals surface area contributed by atoms with E-state index < -0.39 is 0 Å². The number of nitrogens with zero attached hydrogens (tertiary/aromatic N) is 2. The molecule has 0 aliphatic carbocycles. The highest BCUT2D eigenvalue weighted by Crippen LogP contribution is 2.25. The van der Waals surface area contributed by atoms with E-state index >= 15 is 0 Å². The highest BCUT2D eigenvalue weighted by molar-refractivity contribution is 6.30. The van der Waals surface area contributed by atoms with Gasteiger partial charge < -0.3 is 5.32 Å². The summed E-state index contributed by atoms with van der Waals surface area (Å²) in [5.41, 5.74) is 3.04. The maximum atomic E-state index is 13.6. The molecule has 1 aromatic heterocycles. The van der Waals surface area contributed by atoms with Crippen molar-refractivity contribution in [2.45, 2.75) is 20.8 Å². The Morgan fingerprint density at radius 2 is 1.83 bits per heavy atom. The van der Waals surface area contributed by atoms with Gasteiger partial charge in [-0.2, -0.15) is 0 Å². The van der Waals surface area contributed by atoms with Crippen LogP contribution in [0.5, 0.6) is 0 Å². The van der Waals surface area contributed by atoms with Crippen molar-refractivity contribution in [1.82, 2.24) is 10.2 Å². The van der Waals surface area contributed by atoms with Gasteiger partial charge in [0.05, 0.1) is 5.69 Å². The molecule has 0 bridgehead atoms. The molecule has 0 atom stereocenters. The Bertz CT molecular complexity index is 599. The van der Waals surface area contributed by atoms with Crippen molar-refractivity contribution < 1.29 is 4.39 Å². The Hall–Kier alpha value is -1.68. The SMILES string of the molecule is Cc1ccc(F)c(Nc2nnc(Cl)c(C)c2C)c1. The Labute approximate surface area is 110 Å². The van der Waals surface area contributed by atoms with Gasteiger partial charge in [-0.25, -0.2) is 4.39 Å². The predicted octanol–water partition coefficient (Wildman–Crippen LogP) is 3.94. The second-order valence-corrected chi connectivity index (χ2v) is 4.56. The maximum Gasteiger partial charge on any atom is 0.156 e. The lowest BCUT2D eigenvalue weighted by atomic mass is 10.2. The molecule has 5 heteroatoms. The van der Waals surface area contributed by atoms with E-state index in [0.29, 0.717) is 16.7 Å². The summed E-state index contributed by atoms with van der Waals surface area (Å²) >= 11 is 5.87. The third-order valence-electron chi connectivity index (χ3n) is 2.84. The van der Waals surface area contributed by atoms with E-state index in [9.17, 15) is 4.39 Å². The quantitative estimate of drug-likeness (QED) is 0.894. The summed E-state index contributed by atoms with van der Waals surface area (Å²) in [5, 5.41) is 11.1. The van der Waals surface area contributed by atoms with Gasteiger partial charge in [0.25, 0.3) is 0 Å². The van der Waals surface area contributed by atoms with Crippen molar-refractivity contribution in [2.75, 3.05) is 5.32 Å². The number of benzene rings is 1. The first-order valence-corrected chi connectivity index (χ1v) is 5.89. The average molecular weight is 266 g/mol. The topological polar surface area (TPSA) is 37.8 Å². The van der Waals surface area contributed by atoms with Gasteiger partial charge in [-0.15, -0.1) is 10.2 Å². The normalized spacial score (nSPS) is 10.5. The van der Waals surface area contributed by atoms with Gasteiger partial charge in [-0.3, -0.25) is 0 Å². The van der Waals surface area contributed by atoms with Gasteiger partial charge in [0.1, 0.15) is 5.82 Å². The molecule has 2 aromatic rings. The van der Waals surface area contributed by atoms with Gasteiger partial charge in [-0.05, 0) is 49.6 Å². The predicted molar refractivity (Wildman–Crippen MR) is 70.9 cm³/mol. The number of aryl methyl sites for hydroxylation is 1. The fraction of sp³-hybridized carbons (Fsp3) is 0.231. The second kappa shape index (κ2) is 4.90. The van der Waals surface area contributed by atoms with Crippen LogP contribution in [0.3, 0.4) is 0 Å². The van der Waals surface area contributed by atoms with Crippen molar-refractivity contribution >= 4 is 23.1 Å². The molecular formula is C13H13ClFN3. The zero-order valence-electron chi connectivity index (χ0n) is 10.4. The summed E-state index contributed by atoms with van der Waals surface area (Å²) in [4.78, 5) is 0. The van der Waals surface area contributed by atoms with E-state index in [4.69, 9.17) is 11.6 Å². The zero-order chi connectivity index (χ0) is 13.3. The fourth-order valence-corrected chi connectivity index (χ4v) is 1.74. The standard InChI is InChI=1S/C13H13ClFN3/c1-7-4-5-10(15)11(6-7)16-13-9(3)8(2)12(14)17-18-13/h4-6H,1-3H3,(H,16,18). The summed E-state index contributed by atoms with van der Waals surface area (Å²) in [7, 11) is 0. The molecule has 94 valence electrons. The van der Waals surface area contributed by atoms with Crippen molar-refractivity contribution in [3.8, 4) is 0 Å². The minimum absolute atomic E-state index is 0.325. The van der Waals surface area contributed by atoms with Crippen LogP contribution in [0.2, 0.25) is 5.15 Å². The summed E-state index contributed by atoms with van der Waals surface area (Å²) in [5.74, 6) is 0.191. The number of aromatic nitrogens is 2. The Balaban J connectivity index is 2.40. The van der Waals surface area contributed by atoms with Crippen LogP contribution in [0.4, 0.5) is 15.9 Å². The van der Waals surface area contributed by atoms with E-state index in [1.807, 2.05) is 20.8 Å².